The molecule has 6 nitrogen and oxygen atoms in total. The number of aliphatic hydroxyl groups excluding tert-OH is 1. The van der Waals surface area contributed by atoms with Crippen molar-refractivity contribution in [1.29, 1.82) is 0 Å². The quantitative estimate of drug-likeness (QED) is 0.131. The number of rotatable bonds is 24. The number of hydrogen-bond donors (Lipinski definition) is 1. The van der Waals surface area contributed by atoms with E-state index in [0.29, 0.717) is 25.6 Å². The van der Waals surface area contributed by atoms with Gasteiger partial charge in [0, 0.05) is 32.0 Å². The van der Waals surface area contributed by atoms with Crippen LogP contribution in [-0.2, 0) is 16.1 Å². The van der Waals surface area contributed by atoms with Gasteiger partial charge in [0.25, 0.3) is 0 Å². The number of aliphatic hydroxyl groups is 1. The summed E-state index contributed by atoms with van der Waals surface area (Å²) in [4.78, 5) is 19.0. The van der Waals surface area contributed by atoms with E-state index in [2.05, 4.69) is 41.4 Å². The normalized spacial score (nSPS) is 12.4. The fraction of sp³-hybridized carbons (Fsp3) is 0.862. The minimum atomic E-state index is -0.0135. The summed E-state index contributed by atoms with van der Waals surface area (Å²) >= 11 is 0. The SMILES string of the molecule is CCCCC(CC)CCC(=O)OCCCCCCN(CCCCCCO)CCCn1ccnc1C. The molecule has 0 bridgehead atoms. The van der Waals surface area contributed by atoms with Gasteiger partial charge in [-0.2, -0.15) is 0 Å². The highest BCUT2D eigenvalue weighted by molar-refractivity contribution is 5.69. The summed E-state index contributed by atoms with van der Waals surface area (Å²) in [6.45, 7) is 11.8. The fourth-order valence-electron chi connectivity index (χ4n) is 4.66. The van der Waals surface area contributed by atoms with Gasteiger partial charge in [0.1, 0.15) is 5.82 Å². The molecule has 1 N–H and O–H groups in total. The summed E-state index contributed by atoms with van der Waals surface area (Å²) in [6.07, 6.45) is 20.5. The number of nitrogens with zero attached hydrogens (tertiary/aromatic N) is 3. The second kappa shape index (κ2) is 21.8. The Kier molecular flexibility index (Phi) is 19.7. The van der Waals surface area contributed by atoms with Gasteiger partial charge in [0.05, 0.1) is 6.61 Å². The van der Waals surface area contributed by atoms with Gasteiger partial charge in [0.15, 0.2) is 0 Å². The molecule has 0 aliphatic rings. The maximum atomic E-state index is 12.0. The van der Waals surface area contributed by atoms with E-state index in [9.17, 15) is 4.79 Å². The lowest BCUT2D eigenvalue weighted by Gasteiger charge is -2.22. The third-order valence-electron chi connectivity index (χ3n) is 7.11. The highest BCUT2D eigenvalue weighted by atomic mass is 16.5. The summed E-state index contributed by atoms with van der Waals surface area (Å²) in [5.41, 5.74) is 0. The van der Waals surface area contributed by atoms with Crippen LogP contribution in [0.4, 0.5) is 0 Å². The monoisotopic (exact) mass is 493 g/mol. The molecule has 1 heterocycles. The fourth-order valence-corrected chi connectivity index (χ4v) is 4.66. The molecule has 0 saturated carbocycles. The van der Waals surface area contributed by atoms with Crippen LogP contribution in [0.25, 0.3) is 0 Å². The van der Waals surface area contributed by atoms with Crippen LogP contribution < -0.4 is 0 Å². The van der Waals surface area contributed by atoms with Crippen LogP contribution in [0, 0.1) is 12.8 Å². The summed E-state index contributed by atoms with van der Waals surface area (Å²) < 4.78 is 7.71. The van der Waals surface area contributed by atoms with E-state index >= 15 is 0 Å². The Bertz CT molecular complexity index is 620. The summed E-state index contributed by atoms with van der Waals surface area (Å²) in [7, 11) is 0. The van der Waals surface area contributed by atoms with Crippen molar-refractivity contribution in [3.05, 3.63) is 18.2 Å². The van der Waals surface area contributed by atoms with E-state index in [1.807, 2.05) is 6.20 Å². The van der Waals surface area contributed by atoms with E-state index in [4.69, 9.17) is 9.84 Å². The van der Waals surface area contributed by atoms with Gasteiger partial charge < -0.3 is 19.3 Å². The van der Waals surface area contributed by atoms with Crippen LogP contribution in [0.1, 0.15) is 116 Å². The number of carbonyl (C=O) groups is 1. The molecular formula is C29H55N3O3. The Morgan fingerprint density at radius 1 is 0.971 bits per heavy atom. The number of esters is 1. The molecule has 35 heavy (non-hydrogen) atoms. The van der Waals surface area contributed by atoms with Crippen LogP contribution >= 0.6 is 0 Å². The number of aromatic nitrogens is 2. The zero-order valence-electron chi connectivity index (χ0n) is 23.2. The number of carbonyl (C=O) groups excluding carboxylic acids is 1. The second-order valence-corrected chi connectivity index (χ2v) is 10.1. The molecule has 1 aromatic rings. The molecule has 6 heteroatoms. The molecule has 0 saturated heterocycles. The van der Waals surface area contributed by atoms with Crippen LogP contribution in [-0.4, -0.2) is 58.4 Å². The van der Waals surface area contributed by atoms with Crippen molar-refractivity contribution in [2.45, 2.75) is 124 Å². The van der Waals surface area contributed by atoms with Gasteiger partial charge in [-0.05, 0) is 71.0 Å². The summed E-state index contributed by atoms with van der Waals surface area (Å²) in [6, 6.07) is 0. The average Bonchev–Trinajstić information content (AvgIpc) is 3.27. The van der Waals surface area contributed by atoms with Crippen molar-refractivity contribution in [3.63, 3.8) is 0 Å². The minimum Gasteiger partial charge on any atom is -0.466 e. The van der Waals surface area contributed by atoms with Crippen molar-refractivity contribution in [3.8, 4) is 0 Å². The summed E-state index contributed by atoms with van der Waals surface area (Å²) in [5.74, 6) is 1.74. The van der Waals surface area contributed by atoms with Gasteiger partial charge in [-0.15, -0.1) is 0 Å². The first-order chi connectivity index (χ1) is 17.1. The molecule has 0 radical (unpaired) electrons. The maximum absolute atomic E-state index is 12.0. The number of ether oxygens (including phenoxy) is 1. The Balaban J connectivity index is 2.16. The van der Waals surface area contributed by atoms with Gasteiger partial charge in [0.2, 0.25) is 0 Å². The van der Waals surface area contributed by atoms with Crippen LogP contribution in [0.3, 0.4) is 0 Å². The molecule has 1 atom stereocenters. The smallest absolute Gasteiger partial charge is 0.305 e. The van der Waals surface area contributed by atoms with E-state index in [1.165, 1.54) is 44.9 Å². The predicted octanol–water partition coefficient (Wildman–Crippen LogP) is 6.54. The Morgan fingerprint density at radius 3 is 2.29 bits per heavy atom. The third kappa shape index (κ3) is 16.8. The largest absolute Gasteiger partial charge is 0.466 e. The van der Waals surface area contributed by atoms with E-state index in [0.717, 1.165) is 76.9 Å². The Hall–Kier alpha value is -1.40. The third-order valence-corrected chi connectivity index (χ3v) is 7.11. The van der Waals surface area contributed by atoms with E-state index in [-0.39, 0.29) is 5.97 Å². The van der Waals surface area contributed by atoms with Crippen molar-refractivity contribution < 1.29 is 14.6 Å². The number of hydrogen-bond acceptors (Lipinski definition) is 5. The molecule has 0 aliphatic carbocycles. The van der Waals surface area contributed by atoms with E-state index < -0.39 is 0 Å². The van der Waals surface area contributed by atoms with Gasteiger partial charge in [-0.25, -0.2) is 4.98 Å². The predicted molar refractivity (Wildman–Crippen MR) is 146 cm³/mol. The summed E-state index contributed by atoms with van der Waals surface area (Å²) in [5, 5.41) is 8.98. The van der Waals surface area contributed by atoms with Gasteiger partial charge >= 0.3 is 5.97 Å². The molecule has 1 aromatic heterocycles. The number of aryl methyl sites for hydroxylation is 2. The lowest BCUT2D eigenvalue weighted by Crippen LogP contribution is -2.28. The van der Waals surface area contributed by atoms with Crippen LogP contribution in [0.15, 0.2) is 12.4 Å². The Labute approximate surface area is 215 Å². The standard InChI is InChI=1S/C29H55N3O3/c1-4-6-16-28(5-2)17-18-29(34)35-26-14-10-8-12-21-31(20-11-7-9-13-25-33)22-15-23-32-24-19-30-27(32)3/h19,24,28,33H,4-18,20-23,25-26H2,1-3H3. The minimum absolute atomic E-state index is 0.0135. The first-order valence-corrected chi connectivity index (χ1v) is 14.6. The molecule has 0 aliphatic heterocycles. The van der Waals surface area contributed by atoms with Crippen LogP contribution in [0.5, 0.6) is 0 Å². The van der Waals surface area contributed by atoms with Crippen molar-refractivity contribution >= 4 is 5.97 Å². The maximum Gasteiger partial charge on any atom is 0.305 e. The molecule has 1 unspecified atom stereocenters. The molecule has 204 valence electrons. The Morgan fingerprint density at radius 2 is 1.66 bits per heavy atom. The first kappa shape index (κ1) is 31.6. The molecule has 1 rings (SSSR count). The molecular weight excluding hydrogens is 438 g/mol. The molecule has 0 amide bonds. The van der Waals surface area contributed by atoms with Gasteiger partial charge in [-0.3, -0.25) is 4.79 Å². The number of unbranched alkanes of at least 4 members (excludes halogenated alkanes) is 7. The second-order valence-electron chi connectivity index (χ2n) is 10.1. The van der Waals surface area contributed by atoms with Gasteiger partial charge in [-0.1, -0.05) is 65.2 Å². The van der Waals surface area contributed by atoms with Crippen molar-refractivity contribution in [2.24, 2.45) is 5.92 Å². The van der Waals surface area contributed by atoms with Crippen molar-refractivity contribution in [2.75, 3.05) is 32.8 Å². The topological polar surface area (TPSA) is 67.6 Å². The first-order valence-electron chi connectivity index (χ1n) is 14.6. The average molecular weight is 494 g/mol. The van der Waals surface area contributed by atoms with Crippen LogP contribution in [0.2, 0.25) is 0 Å². The number of imidazole rings is 1. The zero-order valence-corrected chi connectivity index (χ0v) is 23.2. The molecule has 0 fully saturated rings. The zero-order chi connectivity index (χ0) is 25.6. The molecule has 0 spiro atoms. The lowest BCUT2D eigenvalue weighted by atomic mass is 9.94. The van der Waals surface area contributed by atoms with Crippen molar-refractivity contribution in [1.82, 2.24) is 14.5 Å². The molecule has 0 aromatic carbocycles. The highest BCUT2D eigenvalue weighted by Crippen LogP contribution is 2.18. The highest BCUT2D eigenvalue weighted by Gasteiger charge is 2.10. The lowest BCUT2D eigenvalue weighted by molar-refractivity contribution is -0.144. The van der Waals surface area contributed by atoms with E-state index in [1.54, 1.807) is 0 Å².